The van der Waals surface area contributed by atoms with Crippen LogP contribution in [0.15, 0.2) is 53.6 Å². The summed E-state index contributed by atoms with van der Waals surface area (Å²) in [6.07, 6.45) is 2.45. The summed E-state index contributed by atoms with van der Waals surface area (Å²) in [6.45, 7) is 2.70. The van der Waals surface area contributed by atoms with Crippen LogP contribution in [0.5, 0.6) is 5.75 Å². The highest BCUT2D eigenvalue weighted by Crippen LogP contribution is 2.11. The quantitative estimate of drug-likeness (QED) is 0.523. The number of carbonyl (C=O) groups is 2. The molecule has 2 rings (SSSR count). The van der Waals surface area contributed by atoms with Gasteiger partial charge in [-0.05, 0) is 60.5 Å². The second-order valence-corrected chi connectivity index (χ2v) is 5.77. The van der Waals surface area contributed by atoms with E-state index in [4.69, 9.17) is 4.74 Å². The molecule has 0 aromatic heterocycles. The molecule has 0 unspecified atom stereocenters. The number of benzene rings is 2. The Morgan fingerprint density at radius 3 is 2.37 bits per heavy atom. The van der Waals surface area contributed by atoms with Crippen LogP contribution in [0, 0.1) is 5.82 Å². The van der Waals surface area contributed by atoms with Gasteiger partial charge in [-0.2, -0.15) is 5.10 Å². The second-order valence-electron chi connectivity index (χ2n) is 5.77. The van der Waals surface area contributed by atoms with Gasteiger partial charge in [0.05, 0.1) is 12.8 Å². The summed E-state index contributed by atoms with van der Waals surface area (Å²) < 4.78 is 18.3. The smallest absolute Gasteiger partial charge is 0.240 e. The zero-order valence-corrected chi connectivity index (χ0v) is 15.1. The molecule has 2 aromatic carbocycles. The van der Waals surface area contributed by atoms with Crippen LogP contribution in [0.1, 0.15) is 31.7 Å². The molecule has 0 aliphatic heterocycles. The molecule has 27 heavy (non-hydrogen) atoms. The van der Waals surface area contributed by atoms with Crippen LogP contribution in [-0.4, -0.2) is 24.6 Å². The molecule has 0 radical (unpaired) electrons. The zero-order valence-electron chi connectivity index (χ0n) is 15.1. The van der Waals surface area contributed by atoms with Crippen molar-refractivity contribution in [3.63, 3.8) is 0 Å². The molecule has 7 heteroatoms. The van der Waals surface area contributed by atoms with Crippen LogP contribution in [0.25, 0.3) is 0 Å². The monoisotopic (exact) mass is 371 g/mol. The fraction of sp³-hybridized carbons (Fsp3) is 0.250. The average molecular weight is 371 g/mol. The van der Waals surface area contributed by atoms with Gasteiger partial charge in [0.1, 0.15) is 11.6 Å². The van der Waals surface area contributed by atoms with Crippen molar-refractivity contribution in [2.45, 2.75) is 26.2 Å². The van der Waals surface area contributed by atoms with Crippen LogP contribution in [-0.2, 0) is 9.59 Å². The Morgan fingerprint density at radius 2 is 1.70 bits per heavy atom. The van der Waals surface area contributed by atoms with E-state index in [0.717, 1.165) is 17.7 Å². The number of amides is 2. The first-order valence-corrected chi connectivity index (χ1v) is 8.67. The van der Waals surface area contributed by atoms with Gasteiger partial charge in [-0.15, -0.1) is 0 Å². The first kappa shape index (κ1) is 20.1. The maximum Gasteiger partial charge on any atom is 0.240 e. The topological polar surface area (TPSA) is 79.8 Å². The lowest BCUT2D eigenvalue weighted by atomic mass is 10.2. The van der Waals surface area contributed by atoms with Crippen molar-refractivity contribution in [3.05, 3.63) is 59.9 Å². The summed E-state index contributed by atoms with van der Waals surface area (Å²) in [6, 6.07) is 12.7. The molecular weight excluding hydrogens is 349 g/mol. The van der Waals surface area contributed by atoms with Crippen molar-refractivity contribution in [3.8, 4) is 5.75 Å². The molecule has 0 aliphatic carbocycles. The predicted octanol–water partition coefficient (Wildman–Crippen LogP) is 3.48. The van der Waals surface area contributed by atoms with Gasteiger partial charge in [-0.25, -0.2) is 9.82 Å². The van der Waals surface area contributed by atoms with Crippen LogP contribution in [0.2, 0.25) is 0 Å². The van der Waals surface area contributed by atoms with Crippen molar-refractivity contribution >= 4 is 23.7 Å². The highest BCUT2D eigenvalue weighted by atomic mass is 19.1. The van der Waals surface area contributed by atoms with Crippen LogP contribution in [0.3, 0.4) is 0 Å². The number of nitrogens with one attached hydrogen (secondary N) is 2. The lowest BCUT2D eigenvalue weighted by Gasteiger charge is -2.05. The van der Waals surface area contributed by atoms with Gasteiger partial charge in [0.2, 0.25) is 11.8 Å². The molecule has 0 bridgehead atoms. The van der Waals surface area contributed by atoms with Crippen molar-refractivity contribution in [1.82, 2.24) is 5.43 Å². The average Bonchev–Trinajstić information content (AvgIpc) is 2.67. The predicted molar refractivity (Wildman–Crippen MR) is 102 cm³/mol. The van der Waals surface area contributed by atoms with Gasteiger partial charge in [0.15, 0.2) is 0 Å². The Bertz CT molecular complexity index is 774. The van der Waals surface area contributed by atoms with Gasteiger partial charge >= 0.3 is 0 Å². The van der Waals surface area contributed by atoms with Crippen molar-refractivity contribution in [2.75, 3.05) is 11.9 Å². The fourth-order valence-corrected chi connectivity index (χ4v) is 2.09. The molecule has 2 aromatic rings. The van der Waals surface area contributed by atoms with E-state index in [9.17, 15) is 14.0 Å². The standard InChI is InChI=1S/C20H22FN3O3/c1-2-13-27-18-9-3-15(4-10-18)14-22-24-20(26)12-11-19(25)23-17-7-5-16(21)6-8-17/h3-10,14H,2,11-13H2,1H3,(H,23,25)(H,24,26). The van der Waals surface area contributed by atoms with Crippen molar-refractivity contribution in [1.29, 1.82) is 0 Å². The summed E-state index contributed by atoms with van der Waals surface area (Å²) in [7, 11) is 0. The summed E-state index contributed by atoms with van der Waals surface area (Å²) >= 11 is 0. The van der Waals surface area contributed by atoms with E-state index in [0.29, 0.717) is 12.3 Å². The van der Waals surface area contributed by atoms with Gasteiger partial charge in [-0.3, -0.25) is 9.59 Å². The number of ether oxygens (including phenoxy) is 1. The zero-order chi connectivity index (χ0) is 19.5. The van der Waals surface area contributed by atoms with E-state index < -0.39 is 0 Å². The minimum absolute atomic E-state index is 0.00218. The number of rotatable bonds is 9. The lowest BCUT2D eigenvalue weighted by Crippen LogP contribution is -2.20. The third kappa shape index (κ3) is 7.68. The summed E-state index contributed by atoms with van der Waals surface area (Å²) in [4.78, 5) is 23.5. The molecule has 0 aliphatic rings. The largest absolute Gasteiger partial charge is 0.494 e. The third-order valence-electron chi connectivity index (χ3n) is 3.46. The van der Waals surface area contributed by atoms with Crippen molar-refractivity contribution < 1.29 is 18.7 Å². The number of hydrazone groups is 1. The summed E-state index contributed by atoms with van der Waals surface area (Å²) in [5, 5.41) is 6.46. The van der Waals surface area contributed by atoms with Crippen LogP contribution >= 0.6 is 0 Å². The molecule has 142 valence electrons. The van der Waals surface area contributed by atoms with E-state index in [2.05, 4.69) is 15.8 Å². The van der Waals surface area contributed by atoms with Crippen LogP contribution < -0.4 is 15.5 Å². The third-order valence-corrected chi connectivity index (χ3v) is 3.46. The molecule has 2 N–H and O–H groups in total. The number of carbonyl (C=O) groups excluding carboxylic acids is 2. The van der Waals surface area contributed by atoms with Gasteiger partial charge in [-0.1, -0.05) is 6.92 Å². The fourth-order valence-electron chi connectivity index (χ4n) is 2.09. The Kier molecular flexibility index (Phi) is 7.96. The Morgan fingerprint density at radius 1 is 1.04 bits per heavy atom. The van der Waals surface area contributed by atoms with E-state index >= 15 is 0 Å². The maximum absolute atomic E-state index is 12.8. The van der Waals surface area contributed by atoms with Gasteiger partial charge in [0, 0.05) is 18.5 Å². The Labute approximate surface area is 157 Å². The minimum atomic E-state index is -0.381. The van der Waals surface area contributed by atoms with Gasteiger partial charge < -0.3 is 10.1 Å². The maximum atomic E-state index is 12.8. The Balaban J connectivity index is 1.69. The minimum Gasteiger partial charge on any atom is -0.494 e. The molecule has 2 amide bonds. The van der Waals surface area contributed by atoms with E-state index in [1.165, 1.54) is 30.5 Å². The highest BCUT2D eigenvalue weighted by molar-refractivity contribution is 5.93. The molecular formula is C20H22FN3O3. The molecule has 0 atom stereocenters. The van der Waals surface area contributed by atoms with E-state index in [1.807, 2.05) is 31.2 Å². The molecule has 0 heterocycles. The molecule has 0 fully saturated rings. The Hall–Kier alpha value is -3.22. The molecule has 0 spiro atoms. The SMILES string of the molecule is CCCOc1ccc(C=NNC(=O)CCC(=O)Nc2ccc(F)cc2)cc1. The van der Waals surface area contributed by atoms with Gasteiger partial charge in [0.25, 0.3) is 0 Å². The van der Waals surface area contributed by atoms with E-state index in [1.54, 1.807) is 0 Å². The number of anilines is 1. The van der Waals surface area contributed by atoms with E-state index in [-0.39, 0.29) is 30.5 Å². The lowest BCUT2D eigenvalue weighted by molar-refractivity contribution is -0.124. The summed E-state index contributed by atoms with van der Waals surface area (Å²) in [5.41, 5.74) is 3.67. The number of halogens is 1. The highest BCUT2D eigenvalue weighted by Gasteiger charge is 2.06. The normalized spacial score (nSPS) is 10.6. The first-order valence-electron chi connectivity index (χ1n) is 8.67. The van der Waals surface area contributed by atoms with Crippen molar-refractivity contribution in [2.24, 2.45) is 5.10 Å². The number of nitrogens with zero attached hydrogens (tertiary/aromatic N) is 1. The first-order chi connectivity index (χ1) is 13.1. The number of hydrogen-bond acceptors (Lipinski definition) is 4. The molecule has 0 saturated heterocycles. The number of hydrogen-bond donors (Lipinski definition) is 2. The summed E-state index contributed by atoms with van der Waals surface area (Å²) in [5.74, 6) is -0.301. The molecule has 6 nitrogen and oxygen atoms in total. The van der Waals surface area contributed by atoms with Crippen LogP contribution in [0.4, 0.5) is 10.1 Å². The molecule has 0 saturated carbocycles. The second kappa shape index (κ2) is 10.7.